The number of aryl methyl sites for hydroxylation is 3. The van der Waals surface area contributed by atoms with Crippen molar-refractivity contribution in [3.63, 3.8) is 0 Å². The van der Waals surface area contributed by atoms with Crippen molar-refractivity contribution >= 4 is 16.3 Å². The van der Waals surface area contributed by atoms with E-state index in [1.165, 1.54) is 42.0 Å². The Balaban J connectivity index is 2.36. The van der Waals surface area contributed by atoms with Crippen LogP contribution in [0, 0.1) is 6.92 Å². The van der Waals surface area contributed by atoms with Crippen molar-refractivity contribution in [1.82, 2.24) is 9.38 Å². The lowest BCUT2D eigenvalue weighted by Crippen LogP contribution is -2.03. The Morgan fingerprint density at radius 3 is 3.15 bits per heavy atom. The van der Waals surface area contributed by atoms with Gasteiger partial charge in [0, 0.05) is 22.5 Å². The molecule has 1 aliphatic carbocycles. The molecule has 2 heterocycles. The normalized spacial score (nSPS) is 16.4. The molecule has 2 aromatic heterocycles. The molecular formula is C10H12N2S. The van der Waals surface area contributed by atoms with Gasteiger partial charge in [0.15, 0.2) is 4.96 Å². The largest absolute Gasteiger partial charge is 0.292 e. The highest BCUT2D eigenvalue weighted by molar-refractivity contribution is 7.17. The Labute approximate surface area is 81.2 Å². The van der Waals surface area contributed by atoms with Gasteiger partial charge >= 0.3 is 0 Å². The molecular weight excluding hydrogens is 180 g/mol. The van der Waals surface area contributed by atoms with E-state index >= 15 is 0 Å². The molecule has 2 aromatic rings. The summed E-state index contributed by atoms with van der Waals surface area (Å²) in [6.07, 6.45) is 7.18. The van der Waals surface area contributed by atoms with Gasteiger partial charge in [0.2, 0.25) is 0 Å². The summed E-state index contributed by atoms with van der Waals surface area (Å²) in [5.74, 6) is 0. The first-order chi connectivity index (χ1) is 6.36. The number of imidazole rings is 1. The molecule has 0 fully saturated rings. The molecule has 0 saturated heterocycles. The molecule has 0 spiro atoms. The summed E-state index contributed by atoms with van der Waals surface area (Å²) >= 11 is 1.87. The molecule has 0 N–H and O–H groups in total. The van der Waals surface area contributed by atoms with Gasteiger partial charge in [-0.2, -0.15) is 0 Å². The standard InChI is InChI=1S/C10H12N2S/c1-7-6-11-10-12(7)8-4-2-3-5-9(8)13-10/h6H,2-5H2,1H3. The van der Waals surface area contributed by atoms with Gasteiger partial charge < -0.3 is 0 Å². The first-order valence-corrected chi connectivity index (χ1v) is 5.62. The molecule has 2 nitrogen and oxygen atoms in total. The first kappa shape index (κ1) is 7.56. The van der Waals surface area contributed by atoms with Crippen molar-refractivity contribution in [2.45, 2.75) is 32.6 Å². The fourth-order valence-corrected chi connectivity index (χ4v) is 3.36. The summed E-state index contributed by atoms with van der Waals surface area (Å²) in [6.45, 7) is 2.14. The number of rotatable bonds is 0. The molecule has 3 heteroatoms. The predicted molar refractivity (Wildman–Crippen MR) is 54.4 cm³/mol. The molecule has 68 valence electrons. The molecule has 0 atom stereocenters. The molecule has 0 amide bonds. The minimum atomic E-state index is 1.18. The first-order valence-electron chi connectivity index (χ1n) is 4.81. The minimum Gasteiger partial charge on any atom is -0.292 e. The molecule has 0 saturated carbocycles. The number of nitrogens with zero attached hydrogens (tertiary/aromatic N) is 2. The number of thiazole rings is 1. The van der Waals surface area contributed by atoms with Gasteiger partial charge in [0.05, 0.1) is 0 Å². The van der Waals surface area contributed by atoms with Crippen molar-refractivity contribution in [2.24, 2.45) is 0 Å². The Morgan fingerprint density at radius 2 is 2.23 bits per heavy atom. The third-order valence-corrected chi connectivity index (χ3v) is 3.94. The average molecular weight is 192 g/mol. The van der Waals surface area contributed by atoms with Crippen LogP contribution in [0.15, 0.2) is 6.20 Å². The molecule has 0 unspecified atom stereocenters. The third-order valence-electron chi connectivity index (χ3n) is 2.78. The maximum Gasteiger partial charge on any atom is 0.194 e. The summed E-state index contributed by atoms with van der Waals surface area (Å²) in [7, 11) is 0. The highest BCUT2D eigenvalue weighted by Gasteiger charge is 2.17. The van der Waals surface area contributed by atoms with Crippen molar-refractivity contribution < 1.29 is 0 Å². The van der Waals surface area contributed by atoms with E-state index in [-0.39, 0.29) is 0 Å². The molecule has 1 aliphatic rings. The molecule has 0 aromatic carbocycles. The van der Waals surface area contributed by atoms with Gasteiger partial charge in [-0.1, -0.05) is 0 Å². The molecule has 0 radical (unpaired) electrons. The van der Waals surface area contributed by atoms with Crippen LogP contribution >= 0.6 is 11.3 Å². The monoisotopic (exact) mass is 192 g/mol. The van der Waals surface area contributed by atoms with Crippen LogP contribution in [0.2, 0.25) is 0 Å². The zero-order chi connectivity index (χ0) is 8.84. The van der Waals surface area contributed by atoms with Gasteiger partial charge in [-0.3, -0.25) is 4.40 Å². The minimum absolute atomic E-state index is 1.18. The van der Waals surface area contributed by atoms with Gasteiger partial charge in [-0.15, -0.1) is 11.3 Å². The number of aromatic nitrogens is 2. The van der Waals surface area contributed by atoms with E-state index in [0.29, 0.717) is 0 Å². The second kappa shape index (κ2) is 2.58. The van der Waals surface area contributed by atoms with E-state index in [4.69, 9.17) is 0 Å². The van der Waals surface area contributed by atoms with Crippen LogP contribution in [-0.2, 0) is 12.8 Å². The van der Waals surface area contributed by atoms with E-state index in [1.54, 1.807) is 4.88 Å². The van der Waals surface area contributed by atoms with E-state index in [2.05, 4.69) is 16.3 Å². The van der Waals surface area contributed by atoms with Crippen LogP contribution in [-0.4, -0.2) is 9.38 Å². The lowest BCUT2D eigenvalue weighted by atomic mass is 10.0. The van der Waals surface area contributed by atoms with Crippen LogP contribution in [0.1, 0.15) is 29.1 Å². The Morgan fingerprint density at radius 1 is 1.38 bits per heavy atom. The van der Waals surface area contributed by atoms with Crippen LogP contribution in [0.3, 0.4) is 0 Å². The SMILES string of the molecule is Cc1cnc2sc3c(n12)CCCC3. The van der Waals surface area contributed by atoms with Gasteiger partial charge in [0.1, 0.15) is 0 Å². The van der Waals surface area contributed by atoms with Gasteiger partial charge in [0.25, 0.3) is 0 Å². The second-order valence-electron chi connectivity index (χ2n) is 3.70. The summed E-state index contributed by atoms with van der Waals surface area (Å²) in [5, 5.41) is 0. The van der Waals surface area contributed by atoms with Crippen molar-refractivity contribution in [3.8, 4) is 0 Å². The van der Waals surface area contributed by atoms with Crippen molar-refractivity contribution in [2.75, 3.05) is 0 Å². The smallest absolute Gasteiger partial charge is 0.194 e. The number of fused-ring (bicyclic) bond motifs is 3. The van der Waals surface area contributed by atoms with E-state index in [1.807, 2.05) is 17.5 Å². The van der Waals surface area contributed by atoms with Crippen LogP contribution < -0.4 is 0 Å². The van der Waals surface area contributed by atoms with Crippen molar-refractivity contribution in [1.29, 1.82) is 0 Å². The molecule has 13 heavy (non-hydrogen) atoms. The topological polar surface area (TPSA) is 17.3 Å². The number of hydrogen-bond donors (Lipinski definition) is 0. The fourth-order valence-electron chi connectivity index (χ4n) is 2.13. The zero-order valence-electron chi connectivity index (χ0n) is 7.71. The maximum absolute atomic E-state index is 4.40. The van der Waals surface area contributed by atoms with Crippen LogP contribution in [0.25, 0.3) is 4.96 Å². The molecule has 0 aliphatic heterocycles. The quantitative estimate of drug-likeness (QED) is 0.627. The lowest BCUT2D eigenvalue weighted by Gasteiger charge is -2.10. The maximum atomic E-state index is 4.40. The fraction of sp³-hybridized carbons (Fsp3) is 0.500. The summed E-state index contributed by atoms with van der Waals surface area (Å²) in [6, 6.07) is 0. The molecule has 3 rings (SSSR count). The highest BCUT2D eigenvalue weighted by Crippen LogP contribution is 2.30. The Kier molecular flexibility index (Phi) is 1.50. The summed E-state index contributed by atoms with van der Waals surface area (Å²) in [5.41, 5.74) is 2.82. The summed E-state index contributed by atoms with van der Waals surface area (Å²) in [4.78, 5) is 7.16. The van der Waals surface area contributed by atoms with E-state index in [0.717, 1.165) is 0 Å². The van der Waals surface area contributed by atoms with Gasteiger partial charge in [-0.05, 0) is 32.6 Å². The van der Waals surface area contributed by atoms with Crippen LogP contribution in [0.5, 0.6) is 0 Å². The van der Waals surface area contributed by atoms with E-state index < -0.39 is 0 Å². The highest BCUT2D eigenvalue weighted by atomic mass is 32.1. The molecule has 0 bridgehead atoms. The van der Waals surface area contributed by atoms with E-state index in [9.17, 15) is 0 Å². The number of hydrogen-bond acceptors (Lipinski definition) is 2. The Bertz CT molecular complexity index is 453. The predicted octanol–water partition coefficient (Wildman–Crippen LogP) is 2.58. The van der Waals surface area contributed by atoms with Gasteiger partial charge in [-0.25, -0.2) is 4.98 Å². The van der Waals surface area contributed by atoms with Crippen LogP contribution in [0.4, 0.5) is 0 Å². The zero-order valence-corrected chi connectivity index (χ0v) is 8.52. The third kappa shape index (κ3) is 0.967. The average Bonchev–Trinajstić information content (AvgIpc) is 2.66. The lowest BCUT2D eigenvalue weighted by molar-refractivity contribution is 0.672. The summed E-state index contributed by atoms with van der Waals surface area (Å²) < 4.78 is 2.33. The second-order valence-corrected chi connectivity index (χ2v) is 4.76. The Hall–Kier alpha value is -0.830. The van der Waals surface area contributed by atoms with Crippen molar-refractivity contribution in [3.05, 3.63) is 22.5 Å².